The molecule has 0 radical (unpaired) electrons. The highest BCUT2D eigenvalue weighted by Gasteiger charge is 2.44. The highest BCUT2D eigenvalue weighted by Crippen LogP contribution is 2.30. The van der Waals surface area contributed by atoms with Crippen molar-refractivity contribution in [3.8, 4) is 5.75 Å². The van der Waals surface area contributed by atoms with E-state index in [0.717, 1.165) is 33.1 Å². The zero-order valence-corrected chi connectivity index (χ0v) is 14.0. The fraction of sp³-hybridized carbons (Fsp3) is 0.625. The molecule has 0 aliphatic carbocycles. The largest absolute Gasteiger partial charge is 0.491 e. The molecule has 2 saturated heterocycles. The van der Waals surface area contributed by atoms with Crippen molar-refractivity contribution in [2.24, 2.45) is 0 Å². The van der Waals surface area contributed by atoms with Crippen molar-refractivity contribution in [3.63, 3.8) is 0 Å². The second kappa shape index (κ2) is 8.82. The van der Waals surface area contributed by atoms with Crippen LogP contribution in [0.1, 0.15) is 13.3 Å². The van der Waals surface area contributed by atoms with Crippen LogP contribution in [-0.2, 0) is 9.47 Å². The summed E-state index contributed by atoms with van der Waals surface area (Å²) in [6.07, 6.45) is 0.295. The van der Waals surface area contributed by atoms with Gasteiger partial charge in [0.1, 0.15) is 31.9 Å². The van der Waals surface area contributed by atoms with Gasteiger partial charge in [-0.3, -0.25) is 0 Å². The zero-order chi connectivity index (χ0) is 16.7. The monoisotopic (exact) mass is 345 g/mol. The van der Waals surface area contributed by atoms with Gasteiger partial charge in [-0.2, -0.15) is 0 Å². The van der Waals surface area contributed by atoms with E-state index in [2.05, 4.69) is 11.8 Å². The van der Waals surface area contributed by atoms with Crippen molar-refractivity contribution < 1.29 is 24.4 Å². The Morgan fingerprint density at radius 3 is 2.35 bits per heavy atom. The second-order valence-electron chi connectivity index (χ2n) is 5.67. The lowest BCUT2D eigenvalue weighted by molar-refractivity contribution is 0.0536. The van der Waals surface area contributed by atoms with Crippen LogP contribution in [0, 0.1) is 0 Å². The number of ether oxygens (including phenoxy) is 3. The SMILES string of the molecule is CCC12COCN1COC2.OCC(O)COc1ccc(Cl)cc1. The molecule has 23 heavy (non-hydrogen) atoms. The molecule has 3 rings (SSSR count). The summed E-state index contributed by atoms with van der Waals surface area (Å²) in [4.78, 5) is 2.27. The molecule has 1 atom stereocenters. The van der Waals surface area contributed by atoms with Crippen LogP contribution in [0.2, 0.25) is 5.02 Å². The van der Waals surface area contributed by atoms with Gasteiger partial charge in [0.2, 0.25) is 0 Å². The van der Waals surface area contributed by atoms with Crippen LogP contribution >= 0.6 is 11.6 Å². The molecule has 6 nitrogen and oxygen atoms in total. The van der Waals surface area contributed by atoms with Crippen molar-refractivity contribution >= 4 is 11.6 Å². The Labute approximate surface area is 141 Å². The van der Waals surface area contributed by atoms with Crippen LogP contribution in [0.25, 0.3) is 0 Å². The summed E-state index contributed by atoms with van der Waals surface area (Å²) in [5.41, 5.74) is 0.236. The topological polar surface area (TPSA) is 71.4 Å². The summed E-state index contributed by atoms with van der Waals surface area (Å²) in [5.74, 6) is 0.622. The van der Waals surface area contributed by atoms with Gasteiger partial charge in [0.25, 0.3) is 0 Å². The number of aliphatic hydroxyl groups is 2. The molecule has 0 spiro atoms. The van der Waals surface area contributed by atoms with E-state index in [9.17, 15) is 0 Å². The molecule has 2 aliphatic heterocycles. The van der Waals surface area contributed by atoms with Crippen molar-refractivity contribution in [2.75, 3.05) is 39.9 Å². The summed E-state index contributed by atoms with van der Waals surface area (Å²) in [7, 11) is 0. The van der Waals surface area contributed by atoms with Gasteiger partial charge in [-0.05, 0) is 30.7 Å². The molecule has 2 heterocycles. The van der Waals surface area contributed by atoms with Crippen LogP contribution in [-0.4, -0.2) is 66.6 Å². The van der Waals surface area contributed by atoms with E-state index in [1.165, 1.54) is 0 Å². The predicted molar refractivity (Wildman–Crippen MR) is 86.5 cm³/mol. The first-order chi connectivity index (χ1) is 11.1. The van der Waals surface area contributed by atoms with Gasteiger partial charge >= 0.3 is 0 Å². The molecule has 7 heteroatoms. The Hall–Kier alpha value is -0.890. The van der Waals surface area contributed by atoms with E-state index in [1.807, 2.05) is 0 Å². The first-order valence-corrected chi connectivity index (χ1v) is 8.05. The van der Waals surface area contributed by atoms with E-state index in [-0.39, 0.29) is 18.8 Å². The van der Waals surface area contributed by atoms with Crippen LogP contribution in [0.15, 0.2) is 24.3 Å². The molecule has 2 N–H and O–H groups in total. The van der Waals surface area contributed by atoms with Crippen LogP contribution in [0.3, 0.4) is 0 Å². The summed E-state index contributed by atoms with van der Waals surface area (Å²) < 4.78 is 15.8. The highest BCUT2D eigenvalue weighted by atomic mass is 35.5. The Balaban J connectivity index is 0.000000172. The van der Waals surface area contributed by atoms with Crippen LogP contribution in [0.5, 0.6) is 5.75 Å². The van der Waals surface area contributed by atoms with E-state index in [0.29, 0.717) is 10.8 Å². The van der Waals surface area contributed by atoms with Gasteiger partial charge in [-0.1, -0.05) is 18.5 Å². The Kier molecular flexibility index (Phi) is 7.08. The molecule has 130 valence electrons. The molecule has 1 aromatic rings. The average Bonchev–Trinajstić information content (AvgIpc) is 3.14. The third-order valence-electron chi connectivity index (χ3n) is 4.03. The lowest BCUT2D eigenvalue weighted by Gasteiger charge is -2.24. The first-order valence-electron chi connectivity index (χ1n) is 7.67. The predicted octanol–water partition coefficient (Wildman–Crippen LogP) is 1.48. The number of nitrogens with zero attached hydrogens (tertiary/aromatic N) is 1. The fourth-order valence-electron chi connectivity index (χ4n) is 2.43. The molecule has 0 amide bonds. The molecule has 0 aromatic heterocycles. The quantitative estimate of drug-likeness (QED) is 0.842. The minimum Gasteiger partial charge on any atom is -0.491 e. The number of benzene rings is 1. The lowest BCUT2D eigenvalue weighted by Crippen LogP contribution is -2.42. The van der Waals surface area contributed by atoms with Gasteiger partial charge in [0, 0.05) is 5.02 Å². The molecular formula is C16H24ClNO5. The van der Waals surface area contributed by atoms with Gasteiger partial charge in [-0.15, -0.1) is 0 Å². The van der Waals surface area contributed by atoms with E-state index in [1.54, 1.807) is 24.3 Å². The standard InChI is InChI=1S/C9H11ClO3.C7H13NO2/c10-7-1-3-9(4-2-7)13-6-8(12)5-11;1-2-7-3-9-5-8(7)6-10-4-7/h1-4,8,11-12H,5-6H2;2-6H2,1H3. The van der Waals surface area contributed by atoms with E-state index in [4.69, 9.17) is 36.0 Å². The van der Waals surface area contributed by atoms with Crippen LogP contribution in [0.4, 0.5) is 0 Å². The maximum atomic E-state index is 8.97. The van der Waals surface area contributed by atoms with Crippen LogP contribution < -0.4 is 4.74 Å². The molecule has 1 aromatic carbocycles. The average molecular weight is 346 g/mol. The van der Waals surface area contributed by atoms with E-state index >= 15 is 0 Å². The second-order valence-corrected chi connectivity index (χ2v) is 6.11. The van der Waals surface area contributed by atoms with Gasteiger partial charge in [0.15, 0.2) is 0 Å². The molecule has 0 bridgehead atoms. The summed E-state index contributed by atoms with van der Waals surface area (Å²) >= 11 is 5.66. The number of halogens is 1. The minimum atomic E-state index is -0.837. The van der Waals surface area contributed by atoms with E-state index < -0.39 is 6.10 Å². The summed E-state index contributed by atoms with van der Waals surface area (Å²) in [6, 6.07) is 6.79. The Morgan fingerprint density at radius 1 is 1.26 bits per heavy atom. The van der Waals surface area contributed by atoms with Gasteiger partial charge < -0.3 is 24.4 Å². The third kappa shape index (κ3) is 5.04. The molecule has 2 aliphatic rings. The van der Waals surface area contributed by atoms with Crippen molar-refractivity contribution in [1.82, 2.24) is 4.90 Å². The number of hydrogen-bond donors (Lipinski definition) is 2. The Bertz CT molecular complexity index is 460. The smallest absolute Gasteiger partial charge is 0.119 e. The maximum Gasteiger partial charge on any atom is 0.119 e. The maximum absolute atomic E-state index is 8.97. The molecular weight excluding hydrogens is 322 g/mol. The molecule has 1 unspecified atom stereocenters. The van der Waals surface area contributed by atoms with Crippen molar-refractivity contribution in [1.29, 1.82) is 0 Å². The Morgan fingerprint density at radius 2 is 1.87 bits per heavy atom. The number of aliphatic hydroxyl groups excluding tert-OH is 2. The normalized spacial score (nSPS) is 20.5. The lowest BCUT2D eigenvalue weighted by atomic mass is 9.99. The fourth-order valence-corrected chi connectivity index (χ4v) is 2.56. The number of hydrogen-bond acceptors (Lipinski definition) is 6. The van der Waals surface area contributed by atoms with Crippen molar-refractivity contribution in [2.45, 2.75) is 25.0 Å². The third-order valence-corrected chi connectivity index (χ3v) is 4.28. The minimum absolute atomic E-state index is 0.0815. The molecule has 0 saturated carbocycles. The zero-order valence-electron chi connectivity index (χ0n) is 13.3. The first kappa shape index (κ1) is 18.4. The summed E-state index contributed by atoms with van der Waals surface area (Å²) in [6.45, 7) is 5.19. The van der Waals surface area contributed by atoms with Gasteiger partial charge in [0.05, 0.1) is 25.4 Å². The number of fused-ring (bicyclic) bond motifs is 1. The highest BCUT2D eigenvalue weighted by molar-refractivity contribution is 6.30. The molecule has 2 fully saturated rings. The van der Waals surface area contributed by atoms with Gasteiger partial charge in [-0.25, -0.2) is 4.90 Å². The summed E-state index contributed by atoms with van der Waals surface area (Å²) in [5, 5.41) is 18.1. The number of rotatable bonds is 5. The van der Waals surface area contributed by atoms with Crippen molar-refractivity contribution in [3.05, 3.63) is 29.3 Å².